The van der Waals surface area contributed by atoms with Gasteiger partial charge in [-0.1, -0.05) is 0 Å². The molecule has 0 radical (unpaired) electrons. The number of carbonyl (C=O) groups excluding carboxylic acids is 1. The molecule has 3 nitrogen and oxygen atoms in total. The minimum Gasteiger partial charge on any atom is -0.494 e. The van der Waals surface area contributed by atoms with Gasteiger partial charge in [0.05, 0.1) is 17.7 Å². The molecule has 15 heavy (non-hydrogen) atoms. The summed E-state index contributed by atoms with van der Waals surface area (Å²) in [5.74, 6) is 1.27. The highest BCUT2D eigenvalue weighted by Crippen LogP contribution is 2.32. The van der Waals surface area contributed by atoms with Crippen molar-refractivity contribution in [3.8, 4) is 11.5 Å². The van der Waals surface area contributed by atoms with Crippen molar-refractivity contribution >= 4 is 22.2 Å². The number of halogens is 1. The van der Waals surface area contributed by atoms with Crippen LogP contribution in [0.5, 0.6) is 11.5 Å². The molecule has 4 heteroatoms. The molecule has 0 bridgehead atoms. The van der Waals surface area contributed by atoms with Gasteiger partial charge in [-0.25, -0.2) is 0 Å². The minimum absolute atomic E-state index is 0.532. The number of carbonyl (C=O) groups is 1. The fourth-order valence-electron chi connectivity index (χ4n) is 1.19. The molecule has 82 valence electrons. The number of aldehydes is 1. The summed E-state index contributed by atoms with van der Waals surface area (Å²) in [6.45, 7) is 4.89. The summed E-state index contributed by atoms with van der Waals surface area (Å²) in [5.41, 5.74) is 0.532. The smallest absolute Gasteiger partial charge is 0.151 e. The first-order valence-electron chi connectivity index (χ1n) is 4.77. The summed E-state index contributed by atoms with van der Waals surface area (Å²) < 4.78 is 11.4. The molecule has 0 aliphatic rings. The van der Waals surface area contributed by atoms with E-state index < -0.39 is 0 Å². The Hall–Kier alpha value is -1.03. The average molecular weight is 273 g/mol. The van der Waals surface area contributed by atoms with E-state index in [4.69, 9.17) is 9.47 Å². The molecule has 0 atom stereocenters. The van der Waals surface area contributed by atoms with Crippen LogP contribution < -0.4 is 9.47 Å². The molecule has 0 saturated carbocycles. The van der Waals surface area contributed by atoms with Crippen molar-refractivity contribution in [2.45, 2.75) is 13.8 Å². The van der Waals surface area contributed by atoms with Gasteiger partial charge in [0.25, 0.3) is 0 Å². The van der Waals surface area contributed by atoms with Gasteiger partial charge in [-0.05, 0) is 35.8 Å². The van der Waals surface area contributed by atoms with Crippen LogP contribution in [-0.2, 0) is 0 Å². The highest BCUT2D eigenvalue weighted by atomic mass is 79.9. The van der Waals surface area contributed by atoms with Gasteiger partial charge in [-0.2, -0.15) is 0 Å². The van der Waals surface area contributed by atoms with Crippen molar-refractivity contribution in [3.05, 3.63) is 22.2 Å². The molecule has 0 N–H and O–H groups in total. The third-order valence-electron chi connectivity index (χ3n) is 1.78. The van der Waals surface area contributed by atoms with E-state index in [1.54, 1.807) is 12.1 Å². The third kappa shape index (κ3) is 2.96. The van der Waals surface area contributed by atoms with E-state index in [1.807, 2.05) is 13.8 Å². The van der Waals surface area contributed by atoms with Crippen molar-refractivity contribution < 1.29 is 14.3 Å². The monoisotopic (exact) mass is 272 g/mol. The van der Waals surface area contributed by atoms with Crippen LogP contribution in [0.15, 0.2) is 16.6 Å². The van der Waals surface area contributed by atoms with Crippen LogP contribution >= 0.6 is 15.9 Å². The quantitative estimate of drug-likeness (QED) is 0.773. The fraction of sp³-hybridized carbons (Fsp3) is 0.364. The SMILES string of the molecule is CCOc1cc(C=O)c(Br)c(OCC)c1. The lowest BCUT2D eigenvalue weighted by Crippen LogP contribution is -1.98. The van der Waals surface area contributed by atoms with Crippen molar-refractivity contribution in [2.75, 3.05) is 13.2 Å². The maximum atomic E-state index is 10.8. The molecule has 0 aliphatic carbocycles. The van der Waals surface area contributed by atoms with Gasteiger partial charge in [0, 0.05) is 11.6 Å². The molecule has 0 spiro atoms. The standard InChI is InChI=1S/C11H13BrO3/c1-3-14-9-5-8(7-13)11(12)10(6-9)15-4-2/h5-7H,3-4H2,1-2H3. The van der Waals surface area contributed by atoms with Gasteiger partial charge < -0.3 is 9.47 Å². The van der Waals surface area contributed by atoms with E-state index in [2.05, 4.69) is 15.9 Å². The van der Waals surface area contributed by atoms with E-state index in [9.17, 15) is 4.79 Å². The largest absolute Gasteiger partial charge is 0.494 e. The minimum atomic E-state index is 0.532. The molecular formula is C11H13BrO3. The summed E-state index contributed by atoms with van der Waals surface area (Å²) >= 11 is 3.32. The van der Waals surface area contributed by atoms with Gasteiger partial charge in [-0.15, -0.1) is 0 Å². The molecule has 0 saturated heterocycles. The molecule has 0 fully saturated rings. The average Bonchev–Trinajstić information content (AvgIpc) is 2.23. The van der Waals surface area contributed by atoms with Gasteiger partial charge in [0.15, 0.2) is 6.29 Å². The Balaban J connectivity index is 3.12. The summed E-state index contributed by atoms with van der Waals surface area (Å²) in [6.07, 6.45) is 0.773. The number of rotatable bonds is 5. The molecule has 1 aromatic rings. The Morgan fingerprint density at radius 3 is 2.47 bits per heavy atom. The Labute approximate surface area is 97.5 Å². The van der Waals surface area contributed by atoms with Crippen LogP contribution in [0.2, 0.25) is 0 Å². The Bertz CT molecular complexity index is 350. The second kappa shape index (κ2) is 5.75. The van der Waals surface area contributed by atoms with Crippen molar-refractivity contribution in [1.29, 1.82) is 0 Å². The first-order valence-corrected chi connectivity index (χ1v) is 5.56. The topological polar surface area (TPSA) is 35.5 Å². The van der Waals surface area contributed by atoms with Crippen molar-refractivity contribution in [1.82, 2.24) is 0 Å². The number of hydrogen-bond acceptors (Lipinski definition) is 3. The van der Waals surface area contributed by atoms with Crippen LogP contribution in [0.4, 0.5) is 0 Å². The van der Waals surface area contributed by atoms with Crippen LogP contribution in [0.25, 0.3) is 0 Å². The molecule has 1 rings (SSSR count). The molecule has 0 amide bonds. The predicted octanol–water partition coefficient (Wildman–Crippen LogP) is 3.06. The summed E-state index contributed by atoms with van der Waals surface area (Å²) in [4.78, 5) is 10.8. The Morgan fingerprint density at radius 2 is 1.93 bits per heavy atom. The molecule has 1 aromatic carbocycles. The summed E-state index contributed by atoms with van der Waals surface area (Å²) in [7, 11) is 0. The van der Waals surface area contributed by atoms with Crippen molar-refractivity contribution in [3.63, 3.8) is 0 Å². The third-order valence-corrected chi connectivity index (χ3v) is 2.63. The highest BCUT2D eigenvalue weighted by molar-refractivity contribution is 9.10. The van der Waals surface area contributed by atoms with E-state index >= 15 is 0 Å². The highest BCUT2D eigenvalue weighted by Gasteiger charge is 2.09. The van der Waals surface area contributed by atoms with Gasteiger partial charge in [0.1, 0.15) is 11.5 Å². The number of ether oxygens (including phenoxy) is 2. The zero-order valence-corrected chi connectivity index (χ0v) is 10.3. The van der Waals surface area contributed by atoms with Crippen molar-refractivity contribution in [2.24, 2.45) is 0 Å². The fourth-order valence-corrected chi connectivity index (χ4v) is 1.63. The lowest BCUT2D eigenvalue weighted by Gasteiger charge is -2.10. The molecule has 0 aliphatic heterocycles. The number of hydrogen-bond donors (Lipinski definition) is 0. The predicted molar refractivity (Wildman–Crippen MR) is 61.9 cm³/mol. The zero-order valence-electron chi connectivity index (χ0n) is 8.75. The lowest BCUT2D eigenvalue weighted by atomic mass is 10.2. The Kier molecular flexibility index (Phi) is 4.62. The maximum Gasteiger partial charge on any atom is 0.151 e. The second-order valence-electron chi connectivity index (χ2n) is 2.81. The summed E-state index contributed by atoms with van der Waals surface area (Å²) in [6, 6.07) is 3.45. The molecule has 0 heterocycles. The first kappa shape index (κ1) is 12.0. The molecule has 0 aromatic heterocycles. The summed E-state index contributed by atoms with van der Waals surface area (Å²) in [5, 5.41) is 0. The first-order chi connectivity index (χ1) is 7.22. The van der Waals surface area contributed by atoms with E-state index in [0.29, 0.717) is 34.7 Å². The van der Waals surface area contributed by atoms with Crippen LogP contribution in [-0.4, -0.2) is 19.5 Å². The lowest BCUT2D eigenvalue weighted by molar-refractivity contribution is 0.112. The van der Waals surface area contributed by atoms with Crippen LogP contribution in [0.1, 0.15) is 24.2 Å². The van der Waals surface area contributed by atoms with Gasteiger partial charge in [-0.3, -0.25) is 4.79 Å². The van der Waals surface area contributed by atoms with E-state index in [0.717, 1.165) is 6.29 Å². The van der Waals surface area contributed by atoms with Crippen LogP contribution in [0, 0.1) is 0 Å². The second-order valence-corrected chi connectivity index (χ2v) is 3.60. The van der Waals surface area contributed by atoms with Crippen LogP contribution in [0.3, 0.4) is 0 Å². The van der Waals surface area contributed by atoms with E-state index in [1.165, 1.54) is 0 Å². The normalized spacial score (nSPS) is 9.80. The van der Waals surface area contributed by atoms with Gasteiger partial charge >= 0.3 is 0 Å². The van der Waals surface area contributed by atoms with Gasteiger partial charge in [0.2, 0.25) is 0 Å². The molecule has 0 unspecified atom stereocenters. The molecular weight excluding hydrogens is 260 g/mol. The maximum absolute atomic E-state index is 10.8. The Morgan fingerprint density at radius 1 is 1.27 bits per heavy atom. The zero-order chi connectivity index (χ0) is 11.3. The number of benzene rings is 1. The van der Waals surface area contributed by atoms with E-state index in [-0.39, 0.29) is 0 Å².